The smallest absolute Gasteiger partial charge is 0.0975 e. The summed E-state index contributed by atoms with van der Waals surface area (Å²) in [4.78, 5) is 5.99. The number of thiazole rings is 1. The van der Waals surface area contributed by atoms with Gasteiger partial charge in [-0.05, 0) is 32.0 Å². The van der Waals surface area contributed by atoms with E-state index < -0.39 is 0 Å². The lowest BCUT2D eigenvalue weighted by atomic mass is 10.1. The highest BCUT2D eigenvalue weighted by Crippen LogP contribution is 2.28. The molecule has 2 aromatic rings. The van der Waals surface area contributed by atoms with Crippen LogP contribution in [0.25, 0.3) is 0 Å². The van der Waals surface area contributed by atoms with Crippen LogP contribution in [0.5, 0.6) is 0 Å². The Labute approximate surface area is 123 Å². The first kappa shape index (κ1) is 14.5. The normalized spacial score (nSPS) is 12.6. The highest BCUT2D eigenvalue weighted by atomic mass is 35.5. The Balaban J connectivity index is 2.19. The average molecular weight is 295 g/mol. The van der Waals surface area contributed by atoms with Crippen molar-refractivity contribution in [3.05, 3.63) is 50.4 Å². The van der Waals surface area contributed by atoms with E-state index >= 15 is 0 Å². The fourth-order valence-electron chi connectivity index (χ4n) is 2.15. The van der Waals surface area contributed by atoms with Gasteiger partial charge < -0.3 is 5.32 Å². The van der Waals surface area contributed by atoms with Gasteiger partial charge in [0.05, 0.1) is 10.7 Å². The van der Waals surface area contributed by atoms with Crippen LogP contribution in [0, 0.1) is 6.92 Å². The lowest BCUT2D eigenvalue weighted by molar-refractivity contribution is 0.603. The molecule has 1 unspecified atom stereocenters. The van der Waals surface area contributed by atoms with Crippen LogP contribution in [0.15, 0.2) is 24.3 Å². The molecule has 1 aromatic heterocycles. The molecule has 0 amide bonds. The van der Waals surface area contributed by atoms with Gasteiger partial charge in [0.2, 0.25) is 0 Å². The Morgan fingerprint density at radius 3 is 2.79 bits per heavy atom. The third-order valence-electron chi connectivity index (χ3n) is 3.08. The van der Waals surface area contributed by atoms with Crippen molar-refractivity contribution < 1.29 is 0 Å². The predicted octanol–water partition coefficient (Wildman–Crippen LogP) is 4.37. The van der Waals surface area contributed by atoms with Crippen molar-refractivity contribution >= 4 is 22.9 Å². The summed E-state index contributed by atoms with van der Waals surface area (Å²) in [7, 11) is 0. The minimum Gasteiger partial charge on any atom is -0.310 e. The zero-order valence-corrected chi connectivity index (χ0v) is 13.1. The molecule has 0 bridgehead atoms. The molecule has 0 saturated carbocycles. The monoisotopic (exact) mass is 294 g/mol. The summed E-state index contributed by atoms with van der Waals surface area (Å²) in [5.74, 6) is 0. The van der Waals surface area contributed by atoms with Gasteiger partial charge in [0.1, 0.15) is 0 Å². The van der Waals surface area contributed by atoms with Crippen molar-refractivity contribution in [1.29, 1.82) is 0 Å². The summed E-state index contributed by atoms with van der Waals surface area (Å²) in [5, 5.41) is 5.38. The van der Waals surface area contributed by atoms with Gasteiger partial charge in [0.15, 0.2) is 0 Å². The second-order valence-electron chi connectivity index (χ2n) is 4.60. The molecule has 0 aliphatic rings. The largest absolute Gasteiger partial charge is 0.310 e. The Kier molecular flexibility index (Phi) is 4.97. The molecular formula is C15H19ClN2S. The number of hydrogen-bond donors (Lipinski definition) is 1. The molecule has 4 heteroatoms. The van der Waals surface area contributed by atoms with Crippen LogP contribution in [-0.4, -0.2) is 11.5 Å². The summed E-state index contributed by atoms with van der Waals surface area (Å²) in [5.41, 5.74) is 2.26. The Bertz CT molecular complexity index is 551. The van der Waals surface area contributed by atoms with Crippen LogP contribution in [-0.2, 0) is 6.42 Å². The number of hydrogen-bond acceptors (Lipinski definition) is 3. The highest BCUT2D eigenvalue weighted by molar-refractivity contribution is 7.11. The number of aromatic nitrogens is 1. The van der Waals surface area contributed by atoms with E-state index in [1.165, 1.54) is 4.88 Å². The quantitative estimate of drug-likeness (QED) is 0.886. The molecule has 0 saturated heterocycles. The maximum absolute atomic E-state index is 6.20. The summed E-state index contributed by atoms with van der Waals surface area (Å²) in [6, 6.07) is 8.33. The second kappa shape index (κ2) is 6.51. The molecule has 2 nitrogen and oxygen atoms in total. The Morgan fingerprint density at radius 1 is 1.37 bits per heavy atom. The van der Waals surface area contributed by atoms with Gasteiger partial charge in [-0.15, -0.1) is 11.3 Å². The molecule has 0 radical (unpaired) electrons. The molecule has 0 fully saturated rings. The third-order valence-corrected chi connectivity index (χ3v) is 4.79. The fourth-order valence-corrected chi connectivity index (χ4v) is 3.47. The van der Waals surface area contributed by atoms with Gasteiger partial charge in [0.25, 0.3) is 0 Å². The van der Waals surface area contributed by atoms with Crippen LogP contribution < -0.4 is 5.32 Å². The molecule has 1 atom stereocenters. The maximum Gasteiger partial charge on any atom is 0.0975 e. The van der Waals surface area contributed by atoms with Gasteiger partial charge in [-0.3, -0.25) is 0 Å². The van der Waals surface area contributed by atoms with E-state index in [-0.39, 0.29) is 0 Å². The predicted molar refractivity (Wildman–Crippen MR) is 83.2 cm³/mol. The van der Waals surface area contributed by atoms with Crippen molar-refractivity contribution in [1.82, 2.24) is 10.3 Å². The van der Waals surface area contributed by atoms with Crippen molar-refractivity contribution in [3.8, 4) is 0 Å². The first-order valence-electron chi connectivity index (χ1n) is 6.54. The number of aryl methyl sites for hydroxylation is 1. The standard InChI is InChI=1S/C15H19ClN2S/c1-4-17-10(2)15-11(3)18-14(19-15)9-12-7-5-6-8-13(12)16/h5-8,10,17H,4,9H2,1-3H3. The van der Waals surface area contributed by atoms with E-state index in [1.807, 2.05) is 18.2 Å². The van der Waals surface area contributed by atoms with E-state index in [9.17, 15) is 0 Å². The molecule has 1 heterocycles. The summed E-state index contributed by atoms with van der Waals surface area (Å²) in [6.07, 6.45) is 0.810. The summed E-state index contributed by atoms with van der Waals surface area (Å²) in [6.45, 7) is 7.36. The fraction of sp³-hybridized carbons (Fsp3) is 0.400. The van der Waals surface area contributed by atoms with Crippen molar-refractivity contribution in [3.63, 3.8) is 0 Å². The lowest BCUT2D eigenvalue weighted by Gasteiger charge is -2.09. The molecule has 0 aliphatic carbocycles. The van der Waals surface area contributed by atoms with Crippen molar-refractivity contribution in [2.45, 2.75) is 33.2 Å². The van der Waals surface area contributed by atoms with Crippen LogP contribution in [0.1, 0.15) is 41.0 Å². The van der Waals surface area contributed by atoms with Gasteiger partial charge in [-0.2, -0.15) is 0 Å². The van der Waals surface area contributed by atoms with E-state index in [0.717, 1.165) is 34.3 Å². The van der Waals surface area contributed by atoms with Gasteiger partial charge in [-0.25, -0.2) is 4.98 Å². The number of rotatable bonds is 5. The lowest BCUT2D eigenvalue weighted by Crippen LogP contribution is -2.17. The minimum atomic E-state index is 0.363. The maximum atomic E-state index is 6.20. The van der Waals surface area contributed by atoms with Crippen LogP contribution in [0.3, 0.4) is 0 Å². The molecule has 0 spiro atoms. The summed E-state index contributed by atoms with van der Waals surface area (Å²) >= 11 is 7.98. The van der Waals surface area contributed by atoms with Gasteiger partial charge in [0, 0.05) is 22.4 Å². The highest BCUT2D eigenvalue weighted by Gasteiger charge is 2.14. The van der Waals surface area contributed by atoms with Crippen LogP contribution >= 0.6 is 22.9 Å². The number of nitrogens with one attached hydrogen (secondary N) is 1. The van der Waals surface area contributed by atoms with E-state index in [0.29, 0.717) is 6.04 Å². The first-order valence-corrected chi connectivity index (χ1v) is 7.74. The Morgan fingerprint density at radius 2 is 2.11 bits per heavy atom. The van der Waals surface area contributed by atoms with E-state index in [4.69, 9.17) is 11.6 Å². The molecule has 102 valence electrons. The van der Waals surface area contributed by atoms with Crippen LogP contribution in [0.2, 0.25) is 5.02 Å². The molecule has 0 aliphatic heterocycles. The Hall–Kier alpha value is -0.900. The number of halogens is 1. The molecule has 2 rings (SSSR count). The summed E-state index contributed by atoms with van der Waals surface area (Å²) < 4.78 is 0. The topological polar surface area (TPSA) is 24.9 Å². The van der Waals surface area contributed by atoms with Gasteiger partial charge >= 0.3 is 0 Å². The van der Waals surface area contributed by atoms with Crippen molar-refractivity contribution in [2.24, 2.45) is 0 Å². The van der Waals surface area contributed by atoms with E-state index in [2.05, 4.69) is 37.1 Å². The van der Waals surface area contributed by atoms with Gasteiger partial charge in [-0.1, -0.05) is 36.7 Å². The molecule has 19 heavy (non-hydrogen) atoms. The minimum absolute atomic E-state index is 0.363. The second-order valence-corrected chi connectivity index (χ2v) is 6.13. The number of benzene rings is 1. The van der Waals surface area contributed by atoms with Crippen molar-refractivity contribution in [2.75, 3.05) is 6.54 Å². The van der Waals surface area contributed by atoms with E-state index in [1.54, 1.807) is 11.3 Å². The first-order chi connectivity index (χ1) is 9.11. The molecular weight excluding hydrogens is 276 g/mol. The number of nitrogens with zero attached hydrogens (tertiary/aromatic N) is 1. The van der Waals surface area contributed by atoms with Crippen LogP contribution in [0.4, 0.5) is 0 Å². The zero-order valence-electron chi connectivity index (χ0n) is 11.5. The molecule has 1 N–H and O–H groups in total. The zero-order chi connectivity index (χ0) is 13.8. The average Bonchev–Trinajstić information content (AvgIpc) is 2.74. The third kappa shape index (κ3) is 3.56. The SMILES string of the molecule is CCNC(C)c1sc(Cc2ccccc2Cl)nc1C. The molecule has 1 aromatic carbocycles.